The minimum atomic E-state index is 0.827. The van der Waals surface area contributed by atoms with Gasteiger partial charge in [0, 0.05) is 12.3 Å². The zero-order valence-corrected chi connectivity index (χ0v) is 11.4. The molecule has 0 aliphatic rings. The second-order valence-electron chi connectivity index (χ2n) is 3.44. The summed E-state index contributed by atoms with van der Waals surface area (Å²) in [5, 5.41) is 3.20. The molecule has 17 heavy (non-hydrogen) atoms. The number of rotatable bonds is 5. The van der Waals surface area contributed by atoms with Crippen LogP contribution in [0.25, 0.3) is 0 Å². The highest BCUT2D eigenvalue weighted by molar-refractivity contribution is 8.00. The molecule has 0 fully saturated rings. The lowest BCUT2D eigenvalue weighted by atomic mass is 10.4. The maximum Gasteiger partial charge on any atom is 0.170 e. The van der Waals surface area contributed by atoms with Gasteiger partial charge in [0.1, 0.15) is 11.6 Å². The van der Waals surface area contributed by atoms with Crippen LogP contribution in [-0.2, 0) is 5.75 Å². The highest BCUT2D eigenvalue weighted by Gasteiger charge is 2.03. The van der Waals surface area contributed by atoms with Crippen LogP contribution in [-0.4, -0.2) is 20.9 Å². The summed E-state index contributed by atoms with van der Waals surface area (Å²) in [7, 11) is 0. The molecule has 90 valence electrons. The predicted octanol–water partition coefficient (Wildman–Crippen LogP) is 2.97. The fourth-order valence-electron chi connectivity index (χ4n) is 1.31. The third-order valence-electron chi connectivity index (χ3n) is 2.02. The van der Waals surface area contributed by atoms with Crippen LogP contribution in [0.1, 0.15) is 18.4 Å². The van der Waals surface area contributed by atoms with Gasteiger partial charge in [-0.2, -0.15) is 4.37 Å². The molecule has 0 radical (unpaired) electrons. The van der Waals surface area contributed by atoms with Crippen molar-refractivity contribution in [2.45, 2.75) is 23.9 Å². The zero-order chi connectivity index (χ0) is 12.1. The van der Waals surface area contributed by atoms with E-state index in [1.807, 2.05) is 25.1 Å². The Labute approximate surface area is 109 Å². The summed E-state index contributed by atoms with van der Waals surface area (Å²) in [5.74, 6) is 2.60. The van der Waals surface area contributed by atoms with E-state index in [0.29, 0.717) is 0 Å². The molecular formula is C11H14N4S2. The van der Waals surface area contributed by atoms with Crippen LogP contribution >= 0.6 is 23.3 Å². The number of nitrogens with one attached hydrogen (secondary N) is 1. The Morgan fingerprint density at radius 3 is 2.94 bits per heavy atom. The van der Waals surface area contributed by atoms with Crippen molar-refractivity contribution in [3.05, 3.63) is 29.7 Å². The number of hydrogen-bond acceptors (Lipinski definition) is 6. The second-order valence-corrected chi connectivity index (χ2v) is 5.41. The van der Waals surface area contributed by atoms with Crippen molar-refractivity contribution in [1.82, 2.24) is 14.3 Å². The third-order valence-corrected chi connectivity index (χ3v) is 3.98. The predicted molar refractivity (Wildman–Crippen MR) is 72.6 cm³/mol. The fraction of sp³-hybridized carbons (Fsp3) is 0.364. The maximum absolute atomic E-state index is 4.51. The van der Waals surface area contributed by atoms with Gasteiger partial charge in [0.25, 0.3) is 0 Å². The first-order chi connectivity index (χ1) is 8.28. The normalized spacial score (nSPS) is 10.5. The smallest absolute Gasteiger partial charge is 0.170 e. The topological polar surface area (TPSA) is 50.7 Å². The molecule has 0 saturated heterocycles. The SMILES string of the molecule is CCNc1cccc(CSc2nc(C)ns2)n1. The van der Waals surface area contributed by atoms with Crippen LogP contribution in [0.15, 0.2) is 22.5 Å². The fourth-order valence-corrected chi connectivity index (χ4v) is 2.86. The second kappa shape index (κ2) is 5.97. The van der Waals surface area contributed by atoms with Crippen molar-refractivity contribution in [2.24, 2.45) is 0 Å². The van der Waals surface area contributed by atoms with Crippen LogP contribution in [0.2, 0.25) is 0 Å². The van der Waals surface area contributed by atoms with Gasteiger partial charge in [-0.3, -0.25) is 0 Å². The van der Waals surface area contributed by atoms with E-state index in [1.54, 1.807) is 11.8 Å². The number of pyridine rings is 1. The van der Waals surface area contributed by atoms with E-state index in [0.717, 1.165) is 34.0 Å². The van der Waals surface area contributed by atoms with E-state index in [-0.39, 0.29) is 0 Å². The maximum atomic E-state index is 4.51. The lowest BCUT2D eigenvalue weighted by Crippen LogP contribution is -2.00. The van der Waals surface area contributed by atoms with Crippen LogP contribution in [0.3, 0.4) is 0 Å². The van der Waals surface area contributed by atoms with Gasteiger partial charge in [0.15, 0.2) is 4.34 Å². The molecule has 0 saturated carbocycles. The summed E-state index contributed by atoms with van der Waals surface area (Å²) in [4.78, 5) is 8.82. The Balaban J connectivity index is 1.96. The number of thioether (sulfide) groups is 1. The van der Waals surface area contributed by atoms with Crippen molar-refractivity contribution in [3.8, 4) is 0 Å². The zero-order valence-electron chi connectivity index (χ0n) is 9.80. The van der Waals surface area contributed by atoms with Crippen molar-refractivity contribution in [2.75, 3.05) is 11.9 Å². The summed E-state index contributed by atoms with van der Waals surface area (Å²) < 4.78 is 5.15. The van der Waals surface area contributed by atoms with Gasteiger partial charge < -0.3 is 5.32 Å². The quantitative estimate of drug-likeness (QED) is 0.843. The van der Waals surface area contributed by atoms with E-state index < -0.39 is 0 Å². The largest absolute Gasteiger partial charge is 0.370 e. The average Bonchev–Trinajstić information content (AvgIpc) is 2.74. The first-order valence-corrected chi connectivity index (χ1v) is 7.16. The Morgan fingerprint density at radius 2 is 2.24 bits per heavy atom. The number of aromatic nitrogens is 3. The van der Waals surface area contributed by atoms with Crippen molar-refractivity contribution < 1.29 is 0 Å². The summed E-state index contributed by atoms with van der Waals surface area (Å²) in [6.45, 7) is 4.86. The van der Waals surface area contributed by atoms with Gasteiger partial charge in [-0.1, -0.05) is 17.8 Å². The first kappa shape index (κ1) is 12.3. The standard InChI is InChI=1S/C11H14N4S2/c1-3-12-10-6-4-5-9(14-10)7-16-11-13-8(2)15-17-11/h4-6H,3,7H2,1-2H3,(H,12,14). The van der Waals surface area contributed by atoms with E-state index in [9.17, 15) is 0 Å². The monoisotopic (exact) mass is 266 g/mol. The number of nitrogens with zero attached hydrogens (tertiary/aromatic N) is 3. The molecule has 0 aromatic carbocycles. The van der Waals surface area contributed by atoms with Gasteiger partial charge in [-0.05, 0) is 37.5 Å². The van der Waals surface area contributed by atoms with Crippen LogP contribution in [0.5, 0.6) is 0 Å². The highest BCUT2D eigenvalue weighted by atomic mass is 32.2. The van der Waals surface area contributed by atoms with Gasteiger partial charge >= 0.3 is 0 Å². The van der Waals surface area contributed by atoms with Crippen LogP contribution < -0.4 is 5.32 Å². The number of aryl methyl sites for hydroxylation is 1. The summed E-state index contributed by atoms with van der Waals surface area (Å²) in [5.41, 5.74) is 1.06. The molecule has 0 atom stereocenters. The van der Waals surface area contributed by atoms with Gasteiger partial charge in [-0.15, -0.1) is 0 Å². The Bertz CT molecular complexity index is 484. The van der Waals surface area contributed by atoms with Crippen LogP contribution in [0, 0.1) is 6.92 Å². The molecule has 0 amide bonds. The van der Waals surface area contributed by atoms with Gasteiger partial charge in [0.2, 0.25) is 0 Å². The summed E-state index contributed by atoms with van der Waals surface area (Å²) >= 11 is 3.12. The Kier molecular flexibility index (Phi) is 4.33. The van der Waals surface area contributed by atoms with E-state index in [1.165, 1.54) is 11.5 Å². The molecule has 1 N–H and O–H groups in total. The van der Waals surface area contributed by atoms with E-state index in [2.05, 4.69) is 26.6 Å². The average molecular weight is 266 g/mol. The molecule has 2 heterocycles. The molecule has 4 nitrogen and oxygen atoms in total. The number of hydrogen-bond donors (Lipinski definition) is 1. The van der Waals surface area contributed by atoms with Gasteiger partial charge in [-0.25, -0.2) is 9.97 Å². The molecular weight excluding hydrogens is 252 g/mol. The van der Waals surface area contributed by atoms with Crippen molar-refractivity contribution in [1.29, 1.82) is 0 Å². The third kappa shape index (κ3) is 3.67. The summed E-state index contributed by atoms with van der Waals surface area (Å²) in [6, 6.07) is 6.03. The Morgan fingerprint density at radius 1 is 1.35 bits per heavy atom. The van der Waals surface area contributed by atoms with E-state index >= 15 is 0 Å². The van der Waals surface area contributed by atoms with E-state index in [4.69, 9.17) is 0 Å². The molecule has 0 unspecified atom stereocenters. The first-order valence-electron chi connectivity index (χ1n) is 5.41. The molecule has 0 bridgehead atoms. The molecule has 0 aliphatic heterocycles. The lowest BCUT2D eigenvalue weighted by molar-refractivity contribution is 1.09. The molecule has 0 aliphatic carbocycles. The molecule has 0 spiro atoms. The Hall–Kier alpha value is -1.14. The molecule has 2 rings (SSSR count). The molecule has 6 heteroatoms. The number of anilines is 1. The van der Waals surface area contributed by atoms with Crippen molar-refractivity contribution >= 4 is 29.1 Å². The minimum Gasteiger partial charge on any atom is -0.370 e. The molecule has 2 aromatic rings. The molecule has 2 aromatic heterocycles. The van der Waals surface area contributed by atoms with Crippen LogP contribution in [0.4, 0.5) is 5.82 Å². The summed E-state index contributed by atoms with van der Waals surface area (Å²) in [6.07, 6.45) is 0. The van der Waals surface area contributed by atoms with Gasteiger partial charge in [0.05, 0.1) is 5.69 Å². The van der Waals surface area contributed by atoms with Crippen molar-refractivity contribution in [3.63, 3.8) is 0 Å². The lowest BCUT2D eigenvalue weighted by Gasteiger charge is -2.04. The minimum absolute atomic E-state index is 0.827. The highest BCUT2D eigenvalue weighted by Crippen LogP contribution is 2.23.